The Morgan fingerprint density at radius 1 is 1.00 bits per heavy atom. The average Bonchev–Trinajstić information content (AvgIpc) is 2.80. The van der Waals surface area contributed by atoms with Gasteiger partial charge in [0.05, 0.1) is 0 Å². The molecule has 0 radical (unpaired) electrons. The van der Waals surface area contributed by atoms with E-state index in [0.717, 1.165) is 0 Å². The van der Waals surface area contributed by atoms with Gasteiger partial charge in [-0.15, -0.1) is 0 Å². The molecule has 0 aliphatic carbocycles. The SMILES string of the molecule is b1ccccn1.c1ccc2[nH]ccc2c1. The number of rotatable bonds is 0. The Labute approximate surface area is 89.2 Å². The first-order valence-electron chi connectivity index (χ1n) is 4.84. The third kappa shape index (κ3) is 2.77. The van der Waals surface area contributed by atoms with Crippen molar-refractivity contribution in [3.8, 4) is 0 Å². The zero-order valence-corrected chi connectivity index (χ0v) is 8.30. The summed E-state index contributed by atoms with van der Waals surface area (Å²) in [7, 11) is 1.75. The molecule has 2 aromatic heterocycles. The molecule has 3 rings (SSSR count). The molecule has 0 bridgehead atoms. The van der Waals surface area contributed by atoms with Crippen LogP contribution in [0.1, 0.15) is 0 Å². The minimum Gasteiger partial charge on any atom is -0.361 e. The molecule has 2 nitrogen and oxygen atoms in total. The predicted molar refractivity (Wildman–Crippen MR) is 63.9 cm³/mol. The fourth-order valence-corrected chi connectivity index (χ4v) is 1.31. The molecule has 0 saturated heterocycles. The quantitative estimate of drug-likeness (QED) is 0.585. The summed E-state index contributed by atoms with van der Waals surface area (Å²) >= 11 is 0. The van der Waals surface area contributed by atoms with E-state index in [0.29, 0.717) is 0 Å². The third-order valence-corrected chi connectivity index (χ3v) is 2.03. The average molecular weight is 194 g/mol. The van der Waals surface area contributed by atoms with Crippen LogP contribution in [0.2, 0.25) is 0 Å². The van der Waals surface area contributed by atoms with Gasteiger partial charge in [0.2, 0.25) is 0 Å². The minimum atomic E-state index is 1.21. The van der Waals surface area contributed by atoms with Crippen molar-refractivity contribution in [1.29, 1.82) is 0 Å². The molecule has 0 amide bonds. The summed E-state index contributed by atoms with van der Waals surface area (Å²) in [5, 5.41) is 1.28. The van der Waals surface area contributed by atoms with Crippen molar-refractivity contribution in [3.05, 3.63) is 60.8 Å². The molecule has 2 heterocycles. The number of hydrogen-bond donors (Lipinski definition) is 1. The van der Waals surface area contributed by atoms with Crippen LogP contribution in [-0.2, 0) is 0 Å². The van der Waals surface area contributed by atoms with Gasteiger partial charge in [-0.25, -0.2) is 0 Å². The molecular formula is C12H11BN2. The van der Waals surface area contributed by atoms with Gasteiger partial charge >= 0.3 is 36.2 Å². The number of nitrogens with one attached hydrogen (secondary N) is 1. The molecule has 0 atom stereocenters. The first-order chi connectivity index (χ1) is 7.47. The summed E-state index contributed by atoms with van der Waals surface area (Å²) in [6.45, 7) is 0. The summed E-state index contributed by atoms with van der Waals surface area (Å²) in [5.41, 5.74) is 1.21. The molecule has 1 N–H and O–H groups in total. The molecule has 1 aromatic carbocycles. The number of H-pyrrole nitrogens is 1. The Bertz CT molecular complexity index is 448. The summed E-state index contributed by atoms with van der Waals surface area (Å²) in [5.74, 6) is 1.89. The Morgan fingerprint density at radius 3 is 2.53 bits per heavy atom. The number of aromatic amines is 1. The number of hydrogen-bond acceptors (Lipinski definition) is 1. The molecule has 3 heteroatoms. The molecule has 3 aromatic rings. The van der Waals surface area contributed by atoms with Crippen molar-refractivity contribution in [2.24, 2.45) is 0 Å². The second kappa shape index (κ2) is 5.10. The molecule has 0 aliphatic heterocycles. The van der Waals surface area contributed by atoms with E-state index in [1.165, 1.54) is 10.9 Å². The van der Waals surface area contributed by atoms with E-state index < -0.39 is 0 Å². The first kappa shape index (κ1) is 9.65. The van der Waals surface area contributed by atoms with Gasteiger partial charge in [-0.05, 0) is 17.5 Å². The van der Waals surface area contributed by atoms with Gasteiger partial charge in [-0.2, -0.15) is 0 Å². The van der Waals surface area contributed by atoms with Crippen molar-refractivity contribution < 1.29 is 0 Å². The molecule has 0 unspecified atom stereocenters. The summed E-state index contributed by atoms with van der Waals surface area (Å²) in [6.07, 6.45) is 3.70. The van der Waals surface area contributed by atoms with Gasteiger partial charge in [0.1, 0.15) is 0 Å². The maximum atomic E-state index is 3.78. The van der Waals surface area contributed by atoms with Crippen LogP contribution in [0.25, 0.3) is 10.9 Å². The largest absolute Gasteiger partial charge is 0.361 e. The zero-order chi connectivity index (χ0) is 10.3. The van der Waals surface area contributed by atoms with Crippen molar-refractivity contribution in [3.63, 3.8) is 0 Å². The van der Waals surface area contributed by atoms with E-state index in [9.17, 15) is 0 Å². The molecule has 0 fully saturated rings. The van der Waals surface area contributed by atoms with Crippen molar-refractivity contribution in [2.75, 3.05) is 0 Å². The second-order valence-corrected chi connectivity index (χ2v) is 3.09. The van der Waals surface area contributed by atoms with Crippen LogP contribution in [0, 0.1) is 0 Å². The van der Waals surface area contributed by atoms with Gasteiger partial charge < -0.3 is 4.98 Å². The van der Waals surface area contributed by atoms with E-state index in [-0.39, 0.29) is 0 Å². The molecule has 0 saturated carbocycles. The van der Waals surface area contributed by atoms with Gasteiger partial charge in [0.25, 0.3) is 0 Å². The number of aromatic nitrogens is 2. The van der Waals surface area contributed by atoms with Gasteiger partial charge in [0, 0.05) is 11.7 Å². The van der Waals surface area contributed by atoms with E-state index in [4.69, 9.17) is 0 Å². The number of benzene rings is 1. The van der Waals surface area contributed by atoms with E-state index >= 15 is 0 Å². The maximum absolute atomic E-state index is 3.78. The van der Waals surface area contributed by atoms with E-state index in [1.54, 1.807) is 13.2 Å². The first-order valence-corrected chi connectivity index (χ1v) is 4.84. The molecular weight excluding hydrogens is 183 g/mol. The van der Waals surface area contributed by atoms with Crippen LogP contribution < -0.4 is 0 Å². The van der Waals surface area contributed by atoms with Crippen LogP contribution in [0.4, 0.5) is 0 Å². The Kier molecular flexibility index (Phi) is 3.28. The normalized spacial score (nSPS) is 9.07. The summed E-state index contributed by atoms with van der Waals surface area (Å²) in [6, 6.07) is 14.1. The third-order valence-electron chi connectivity index (χ3n) is 2.03. The Hall–Kier alpha value is -1.90. The Morgan fingerprint density at radius 2 is 1.93 bits per heavy atom. The molecule has 0 aliphatic rings. The predicted octanol–water partition coefficient (Wildman–Crippen LogP) is 2.59. The fraction of sp³-hybridized carbons (Fsp3) is 0. The van der Waals surface area contributed by atoms with Crippen LogP contribution >= 0.6 is 0 Å². The molecule has 15 heavy (non-hydrogen) atoms. The number of nitrogens with zero attached hydrogens (tertiary/aromatic N) is 1. The van der Waals surface area contributed by atoms with Crippen LogP contribution in [0.5, 0.6) is 0 Å². The van der Waals surface area contributed by atoms with Crippen LogP contribution in [0.3, 0.4) is 0 Å². The monoisotopic (exact) mass is 194 g/mol. The van der Waals surface area contributed by atoms with E-state index in [2.05, 4.69) is 28.1 Å². The maximum Gasteiger partial charge on any atom is 0.0453 e. The summed E-state index contributed by atoms with van der Waals surface area (Å²) < 4.78 is 0. The van der Waals surface area contributed by atoms with Gasteiger partial charge in [0.15, 0.2) is 0 Å². The standard InChI is InChI=1S/C8H7N.C4H4BN/c1-2-4-8-7(3-1)5-6-9-8;1-2-4-6-5-3-1/h1-6,9H;1-4H. The summed E-state index contributed by atoms with van der Waals surface area (Å²) in [4.78, 5) is 6.90. The second-order valence-electron chi connectivity index (χ2n) is 3.09. The topological polar surface area (TPSA) is 28.7 Å². The van der Waals surface area contributed by atoms with Crippen molar-refractivity contribution in [1.82, 2.24) is 9.88 Å². The molecule has 0 spiro atoms. The minimum absolute atomic E-state index is 1.21. The zero-order valence-electron chi connectivity index (χ0n) is 8.30. The van der Waals surface area contributed by atoms with Crippen molar-refractivity contribution in [2.45, 2.75) is 0 Å². The van der Waals surface area contributed by atoms with Crippen LogP contribution in [0.15, 0.2) is 60.8 Å². The Balaban J connectivity index is 0.000000124. The van der Waals surface area contributed by atoms with Gasteiger partial charge in [-0.3, -0.25) is 0 Å². The fourth-order valence-electron chi connectivity index (χ4n) is 1.31. The van der Waals surface area contributed by atoms with Gasteiger partial charge in [-0.1, -0.05) is 18.2 Å². The van der Waals surface area contributed by atoms with Crippen LogP contribution in [-0.4, -0.2) is 16.9 Å². The smallest absolute Gasteiger partial charge is 0.0453 e. The van der Waals surface area contributed by atoms with Crippen molar-refractivity contribution >= 4 is 18.0 Å². The number of fused-ring (bicyclic) bond motifs is 1. The van der Waals surface area contributed by atoms with E-state index in [1.807, 2.05) is 36.4 Å². The molecule has 72 valence electrons. The number of para-hydroxylation sites is 1.